The molecule has 0 spiro atoms. The molecule has 0 unspecified atom stereocenters. The van der Waals surface area contributed by atoms with Crippen molar-refractivity contribution >= 4 is 5.91 Å². The van der Waals surface area contributed by atoms with Crippen molar-refractivity contribution in [1.82, 2.24) is 15.5 Å². The summed E-state index contributed by atoms with van der Waals surface area (Å²) in [6, 6.07) is 0. The number of amides is 1. The fraction of sp³-hybridized carbons (Fsp3) is 0.667. The average Bonchev–Trinajstić information content (AvgIpc) is 2.66. The van der Waals surface area contributed by atoms with Gasteiger partial charge in [0.15, 0.2) is 5.82 Å². The second-order valence-corrected chi connectivity index (χ2v) is 3.23. The van der Waals surface area contributed by atoms with Crippen molar-refractivity contribution in [3.63, 3.8) is 0 Å². The molecule has 7 nitrogen and oxygen atoms in total. The van der Waals surface area contributed by atoms with Gasteiger partial charge >= 0.3 is 0 Å². The molecule has 1 rings (SSSR count). The summed E-state index contributed by atoms with van der Waals surface area (Å²) >= 11 is 0. The number of carbonyl (C=O) groups is 1. The van der Waals surface area contributed by atoms with Crippen LogP contribution in [0.25, 0.3) is 0 Å². The lowest BCUT2D eigenvalue weighted by atomic mass is 10.5. The molecule has 0 saturated carbocycles. The molecule has 1 heterocycles. The maximum absolute atomic E-state index is 10.4. The summed E-state index contributed by atoms with van der Waals surface area (Å²) < 4.78 is 10.2. The molecule has 0 aliphatic heterocycles. The minimum Gasteiger partial charge on any atom is -0.373 e. The summed E-state index contributed by atoms with van der Waals surface area (Å²) in [5.74, 6) is 0.492. The SMILES string of the molecule is CCCOCc1noc(CNCC(N)=O)n1. The van der Waals surface area contributed by atoms with E-state index >= 15 is 0 Å². The number of nitrogens with one attached hydrogen (secondary N) is 1. The third-order valence-corrected chi connectivity index (χ3v) is 1.67. The van der Waals surface area contributed by atoms with E-state index in [0.717, 1.165) is 6.42 Å². The first-order valence-electron chi connectivity index (χ1n) is 5.10. The third kappa shape index (κ3) is 4.85. The molecular weight excluding hydrogens is 212 g/mol. The summed E-state index contributed by atoms with van der Waals surface area (Å²) in [5.41, 5.74) is 4.95. The van der Waals surface area contributed by atoms with E-state index in [2.05, 4.69) is 15.5 Å². The summed E-state index contributed by atoms with van der Waals surface area (Å²) in [5, 5.41) is 6.49. The van der Waals surface area contributed by atoms with Gasteiger partial charge in [0.1, 0.15) is 6.61 Å². The standard InChI is InChI=1S/C9H16N4O3/c1-2-3-15-6-8-12-9(16-13-8)5-11-4-7(10)14/h11H,2-6H2,1H3,(H2,10,14). The highest BCUT2D eigenvalue weighted by molar-refractivity contribution is 5.75. The van der Waals surface area contributed by atoms with Gasteiger partial charge in [-0.05, 0) is 6.42 Å². The van der Waals surface area contributed by atoms with Gasteiger partial charge in [-0.3, -0.25) is 10.1 Å². The maximum Gasteiger partial charge on any atom is 0.240 e. The van der Waals surface area contributed by atoms with Crippen LogP contribution in [0.15, 0.2) is 4.52 Å². The summed E-state index contributed by atoms with van der Waals surface area (Å²) in [6.45, 7) is 3.44. The molecule has 0 aromatic carbocycles. The van der Waals surface area contributed by atoms with E-state index in [0.29, 0.717) is 31.5 Å². The number of primary amides is 1. The number of carbonyl (C=O) groups excluding carboxylic acids is 1. The molecule has 0 atom stereocenters. The van der Waals surface area contributed by atoms with Gasteiger partial charge in [0.05, 0.1) is 13.1 Å². The van der Waals surface area contributed by atoms with Crippen LogP contribution in [0.1, 0.15) is 25.1 Å². The highest BCUT2D eigenvalue weighted by Gasteiger charge is 2.05. The summed E-state index contributed by atoms with van der Waals surface area (Å²) in [6.07, 6.45) is 0.949. The molecular formula is C9H16N4O3. The first-order chi connectivity index (χ1) is 7.72. The number of nitrogens with zero attached hydrogens (tertiary/aromatic N) is 2. The van der Waals surface area contributed by atoms with Crippen molar-refractivity contribution < 1.29 is 14.1 Å². The third-order valence-electron chi connectivity index (χ3n) is 1.67. The Morgan fingerprint density at radius 1 is 1.62 bits per heavy atom. The quantitative estimate of drug-likeness (QED) is 0.585. The van der Waals surface area contributed by atoms with Crippen LogP contribution < -0.4 is 11.1 Å². The molecule has 0 fully saturated rings. The van der Waals surface area contributed by atoms with Crippen LogP contribution in [0, 0.1) is 0 Å². The zero-order chi connectivity index (χ0) is 11.8. The maximum atomic E-state index is 10.4. The number of hydrogen-bond donors (Lipinski definition) is 2. The second kappa shape index (κ2) is 6.91. The number of ether oxygens (including phenoxy) is 1. The Balaban J connectivity index is 2.25. The van der Waals surface area contributed by atoms with Gasteiger partial charge in [-0.15, -0.1) is 0 Å². The Hall–Kier alpha value is -1.47. The first-order valence-corrected chi connectivity index (χ1v) is 5.10. The molecule has 1 amide bonds. The summed E-state index contributed by atoms with van der Waals surface area (Å²) in [4.78, 5) is 14.5. The number of rotatable bonds is 8. The topological polar surface area (TPSA) is 103 Å². The van der Waals surface area contributed by atoms with Crippen molar-refractivity contribution in [3.05, 3.63) is 11.7 Å². The van der Waals surface area contributed by atoms with Crippen LogP contribution in [0.5, 0.6) is 0 Å². The lowest BCUT2D eigenvalue weighted by Gasteiger charge is -1.96. The fourth-order valence-corrected chi connectivity index (χ4v) is 1.02. The highest BCUT2D eigenvalue weighted by atomic mass is 16.5. The monoisotopic (exact) mass is 228 g/mol. The van der Waals surface area contributed by atoms with Crippen LogP contribution in [0.4, 0.5) is 0 Å². The van der Waals surface area contributed by atoms with Crippen LogP contribution in [0.2, 0.25) is 0 Å². The van der Waals surface area contributed by atoms with Crippen molar-refractivity contribution in [2.45, 2.75) is 26.5 Å². The van der Waals surface area contributed by atoms with E-state index in [1.54, 1.807) is 0 Å². The van der Waals surface area contributed by atoms with Gasteiger partial charge in [0, 0.05) is 6.61 Å². The Morgan fingerprint density at radius 2 is 2.44 bits per heavy atom. The van der Waals surface area contributed by atoms with E-state index < -0.39 is 5.91 Å². The minimum atomic E-state index is -0.425. The average molecular weight is 228 g/mol. The smallest absolute Gasteiger partial charge is 0.240 e. The number of hydrogen-bond acceptors (Lipinski definition) is 6. The predicted octanol–water partition coefficient (Wildman–Crippen LogP) is -0.429. The number of nitrogens with two attached hydrogens (primary N) is 1. The molecule has 0 bridgehead atoms. The first kappa shape index (κ1) is 12.6. The van der Waals surface area contributed by atoms with Gasteiger partial charge in [-0.2, -0.15) is 4.98 Å². The largest absolute Gasteiger partial charge is 0.373 e. The van der Waals surface area contributed by atoms with Gasteiger partial charge in [-0.1, -0.05) is 12.1 Å². The molecule has 0 aliphatic carbocycles. The van der Waals surface area contributed by atoms with Gasteiger partial charge < -0.3 is 15.0 Å². The normalized spacial score (nSPS) is 10.6. The van der Waals surface area contributed by atoms with Crippen molar-refractivity contribution in [2.75, 3.05) is 13.2 Å². The predicted molar refractivity (Wildman–Crippen MR) is 55.1 cm³/mol. The lowest BCUT2D eigenvalue weighted by Crippen LogP contribution is -2.28. The zero-order valence-electron chi connectivity index (χ0n) is 9.23. The highest BCUT2D eigenvalue weighted by Crippen LogP contribution is 1.98. The van der Waals surface area contributed by atoms with Crippen LogP contribution in [-0.4, -0.2) is 29.2 Å². The van der Waals surface area contributed by atoms with Gasteiger partial charge in [-0.25, -0.2) is 0 Å². The van der Waals surface area contributed by atoms with Crippen LogP contribution >= 0.6 is 0 Å². The molecule has 0 radical (unpaired) electrons. The molecule has 1 aromatic rings. The van der Waals surface area contributed by atoms with Crippen molar-refractivity contribution in [1.29, 1.82) is 0 Å². The Kier molecular flexibility index (Phi) is 5.44. The molecule has 3 N–H and O–H groups in total. The zero-order valence-corrected chi connectivity index (χ0v) is 9.23. The van der Waals surface area contributed by atoms with E-state index in [1.807, 2.05) is 6.92 Å². The molecule has 1 aromatic heterocycles. The van der Waals surface area contributed by atoms with Crippen LogP contribution in [-0.2, 0) is 22.7 Å². The Labute approximate surface area is 93.3 Å². The Morgan fingerprint density at radius 3 is 3.12 bits per heavy atom. The van der Waals surface area contributed by atoms with E-state index in [1.165, 1.54) is 0 Å². The molecule has 16 heavy (non-hydrogen) atoms. The van der Waals surface area contributed by atoms with E-state index in [9.17, 15) is 4.79 Å². The fourth-order valence-electron chi connectivity index (χ4n) is 1.02. The van der Waals surface area contributed by atoms with Crippen molar-refractivity contribution in [3.8, 4) is 0 Å². The molecule has 0 aliphatic rings. The molecule has 7 heteroatoms. The summed E-state index contributed by atoms with van der Waals surface area (Å²) in [7, 11) is 0. The second-order valence-electron chi connectivity index (χ2n) is 3.23. The Bertz CT molecular complexity index is 326. The van der Waals surface area contributed by atoms with E-state index in [4.69, 9.17) is 15.0 Å². The van der Waals surface area contributed by atoms with Crippen LogP contribution in [0.3, 0.4) is 0 Å². The van der Waals surface area contributed by atoms with Gasteiger partial charge in [0.25, 0.3) is 0 Å². The lowest BCUT2D eigenvalue weighted by molar-refractivity contribution is -0.117. The number of aromatic nitrogens is 2. The van der Waals surface area contributed by atoms with Crippen molar-refractivity contribution in [2.24, 2.45) is 5.73 Å². The van der Waals surface area contributed by atoms with Gasteiger partial charge in [0.2, 0.25) is 11.8 Å². The van der Waals surface area contributed by atoms with E-state index in [-0.39, 0.29) is 6.54 Å². The minimum absolute atomic E-state index is 0.0873. The molecule has 90 valence electrons. The molecule has 0 saturated heterocycles.